The van der Waals surface area contributed by atoms with Crippen molar-refractivity contribution in [2.45, 2.75) is 13.8 Å². The first kappa shape index (κ1) is 19.7. The molecule has 8 nitrogen and oxygen atoms in total. The predicted molar refractivity (Wildman–Crippen MR) is 104 cm³/mol. The van der Waals surface area contributed by atoms with E-state index >= 15 is 0 Å². The maximum Gasteiger partial charge on any atom is 0.257 e. The van der Waals surface area contributed by atoms with E-state index in [1.807, 2.05) is 20.9 Å². The molecule has 2 amide bonds. The van der Waals surface area contributed by atoms with Crippen molar-refractivity contribution in [1.29, 1.82) is 0 Å². The van der Waals surface area contributed by atoms with Gasteiger partial charge in [0.2, 0.25) is 0 Å². The topological polar surface area (TPSA) is 76.9 Å². The molecule has 3 rings (SSSR count). The van der Waals surface area contributed by atoms with Crippen molar-refractivity contribution in [2.24, 2.45) is 7.05 Å². The van der Waals surface area contributed by atoms with Gasteiger partial charge in [-0.15, -0.1) is 0 Å². The summed E-state index contributed by atoms with van der Waals surface area (Å²) in [5.41, 5.74) is 2.72. The minimum absolute atomic E-state index is 0.0303. The molecule has 0 spiro atoms. The van der Waals surface area contributed by atoms with E-state index in [1.165, 1.54) is 7.11 Å². The largest absolute Gasteiger partial charge is 0.497 e. The van der Waals surface area contributed by atoms with Crippen molar-refractivity contribution in [3.05, 3.63) is 40.7 Å². The van der Waals surface area contributed by atoms with Crippen LogP contribution in [0.5, 0.6) is 11.5 Å². The zero-order chi connectivity index (χ0) is 20.4. The van der Waals surface area contributed by atoms with Crippen LogP contribution in [0.1, 0.15) is 32.1 Å². The number of amides is 2. The Balaban J connectivity index is 1.70. The van der Waals surface area contributed by atoms with Gasteiger partial charge in [0, 0.05) is 45.0 Å². The van der Waals surface area contributed by atoms with E-state index in [1.54, 1.807) is 39.8 Å². The summed E-state index contributed by atoms with van der Waals surface area (Å²) in [6, 6.07) is 5.14. The van der Waals surface area contributed by atoms with Gasteiger partial charge in [-0.2, -0.15) is 5.10 Å². The van der Waals surface area contributed by atoms with Gasteiger partial charge in [-0.25, -0.2) is 0 Å². The summed E-state index contributed by atoms with van der Waals surface area (Å²) >= 11 is 0. The van der Waals surface area contributed by atoms with Crippen molar-refractivity contribution >= 4 is 11.8 Å². The number of hydrogen-bond acceptors (Lipinski definition) is 5. The Labute approximate surface area is 164 Å². The number of rotatable bonds is 4. The van der Waals surface area contributed by atoms with Crippen LogP contribution < -0.4 is 9.47 Å². The molecule has 1 aromatic heterocycles. The van der Waals surface area contributed by atoms with Gasteiger partial charge in [-0.05, 0) is 26.0 Å². The Hall–Kier alpha value is -3.03. The van der Waals surface area contributed by atoms with Crippen molar-refractivity contribution in [3.63, 3.8) is 0 Å². The number of nitrogens with zero attached hydrogens (tertiary/aromatic N) is 4. The quantitative estimate of drug-likeness (QED) is 0.799. The van der Waals surface area contributed by atoms with Gasteiger partial charge in [0.15, 0.2) is 0 Å². The molecule has 0 aliphatic carbocycles. The van der Waals surface area contributed by atoms with E-state index in [2.05, 4.69) is 5.10 Å². The Bertz CT molecular complexity index is 898. The molecule has 0 N–H and O–H groups in total. The van der Waals surface area contributed by atoms with E-state index < -0.39 is 0 Å². The molecule has 2 aromatic rings. The second-order valence-corrected chi connectivity index (χ2v) is 6.82. The van der Waals surface area contributed by atoms with E-state index in [-0.39, 0.29) is 11.8 Å². The molecular formula is C20H26N4O4. The minimum atomic E-state index is -0.111. The number of hydrogen-bond donors (Lipinski definition) is 0. The molecule has 0 saturated carbocycles. The Kier molecular flexibility index (Phi) is 5.58. The Morgan fingerprint density at radius 3 is 2.07 bits per heavy atom. The van der Waals surface area contributed by atoms with Gasteiger partial charge in [-0.1, -0.05) is 0 Å². The second-order valence-electron chi connectivity index (χ2n) is 6.82. The Morgan fingerprint density at radius 1 is 0.964 bits per heavy atom. The van der Waals surface area contributed by atoms with Crippen LogP contribution in [0.4, 0.5) is 0 Å². The molecule has 1 saturated heterocycles. The van der Waals surface area contributed by atoms with Crippen LogP contribution in [-0.4, -0.2) is 71.8 Å². The summed E-state index contributed by atoms with van der Waals surface area (Å²) in [4.78, 5) is 29.4. The van der Waals surface area contributed by atoms with Gasteiger partial charge in [0.25, 0.3) is 11.8 Å². The first-order valence-corrected chi connectivity index (χ1v) is 9.18. The van der Waals surface area contributed by atoms with Crippen LogP contribution >= 0.6 is 0 Å². The molecule has 1 aliphatic heterocycles. The molecule has 0 unspecified atom stereocenters. The zero-order valence-corrected chi connectivity index (χ0v) is 17.0. The number of methoxy groups -OCH3 is 2. The van der Waals surface area contributed by atoms with Crippen LogP contribution in [0.15, 0.2) is 18.2 Å². The molecule has 0 atom stereocenters. The molecule has 2 heterocycles. The van der Waals surface area contributed by atoms with Crippen LogP contribution in [0.2, 0.25) is 0 Å². The van der Waals surface area contributed by atoms with E-state index in [4.69, 9.17) is 9.47 Å². The number of aromatic nitrogens is 2. The standard InChI is InChI=1S/C20H26N4O4/c1-13-18(14(2)22(3)21-13)20(26)24-10-8-23(9-11-24)19(25)16-7-6-15(27-4)12-17(16)28-5/h6-7,12H,8-11H2,1-5H3. The van der Waals surface area contributed by atoms with Crippen LogP contribution in [0.3, 0.4) is 0 Å². The summed E-state index contributed by atoms with van der Waals surface area (Å²) in [5, 5.41) is 4.32. The van der Waals surface area contributed by atoms with Crippen molar-refractivity contribution in [2.75, 3.05) is 40.4 Å². The van der Waals surface area contributed by atoms with Crippen molar-refractivity contribution in [1.82, 2.24) is 19.6 Å². The normalized spacial score (nSPS) is 14.2. The van der Waals surface area contributed by atoms with Gasteiger partial charge >= 0.3 is 0 Å². The lowest BCUT2D eigenvalue weighted by molar-refractivity contribution is 0.0532. The average Bonchev–Trinajstić information content (AvgIpc) is 2.97. The molecule has 0 radical (unpaired) electrons. The maximum absolute atomic E-state index is 12.9. The number of aryl methyl sites for hydroxylation is 2. The second kappa shape index (κ2) is 7.92. The van der Waals surface area contributed by atoms with Gasteiger partial charge in [0.05, 0.1) is 31.0 Å². The number of ether oxygens (including phenoxy) is 2. The van der Waals surface area contributed by atoms with Gasteiger partial charge in [-0.3, -0.25) is 14.3 Å². The summed E-state index contributed by atoms with van der Waals surface area (Å²) in [5.74, 6) is 0.966. The highest BCUT2D eigenvalue weighted by molar-refractivity contribution is 5.98. The number of benzene rings is 1. The molecule has 8 heteroatoms. The summed E-state index contributed by atoms with van der Waals surface area (Å²) in [7, 11) is 4.93. The lowest BCUT2D eigenvalue weighted by atomic mass is 10.1. The SMILES string of the molecule is COc1ccc(C(=O)N2CCN(C(=O)c3c(C)nn(C)c3C)CC2)c(OC)c1. The van der Waals surface area contributed by atoms with E-state index in [0.29, 0.717) is 48.8 Å². The molecule has 1 aromatic carbocycles. The fourth-order valence-corrected chi connectivity index (χ4v) is 3.50. The van der Waals surface area contributed by atoms with Gasteiger partial charge < -0.3 is 19.3 Å². The van der Waals surface area contributed by atoms with Crippen LogP contribution in [0, 0.1) is 13.8 Å². The monoisotopic (exact) mass is 386 g/mol. The third-order valence-corrected chi connectivity index (χ3v) is 5.22. The maximum atomic E-state index is 12.9. The highest BCUT2D eigenvalue weighted by Gasteiger charge is 2.29. The summed E-state index contributed by atoms with van der Waals surface area (Å²) in [6.07, 6.45) is 0. The predicted octanol–water partition coefficient (Wildman–Crippen LogP) is 1.65. The lowest BCUT2D eigenvalue weighted by Gasteiger charge is -2.35. The average molecular weight is 386 g/mol. The smallest absolute Gasteiger partial charge is 0.257 e. The molecule has 0 bridgehead atoms. The third kappa shape index (κ3) is 3.54. The minimum Gasteiger partial charge on any atom is -0.497 e. The number of piperazine rings is 1. The van der Waals surface area contributed by atoms with E-state index in [9.17, 15) is 9.59 Å². The zero-order valence-electron chi connectivity index (χ0n) is 17.0. The molecule has 150 valence electrons. The third-order valence-electron chi connectivity index (χ3n) is 5.22. The molecular weight excluding hydrogens is 360 g/mol. The summed E-state index contributed by atoms with van der Waals surface area (Å²) < 4.78 is 12.2. The van der Waals surface area contributed by atoms with Crippen molar-refractivity contribution < 1.29 is 19.1 Å². The van der Waals surface area contributed by atoms with Crippen LogP contribution in [-0.2, 0) is 7.05 Å². The molecule has 1 fully saturated rings. The Morgan fingerprint density at radius 2 is 1.57 bits per heavy atom. The first-order chi connectivity index (χ1) is 13.4. The molecule has 28 heavy (non-hydrogen) atoms. The summed E-state index contributed by atoms with van der Waals surface area (Å²) in [6.45, 7) is 5.64. The highest BCUT2D eigenvalue weighted by Crippen LogP contribution is 2.26. The fraction of sp³-hybridized carbons (Fsp3) is 0.450. The van der Waals surface area contributed by atoms with Crippen molar-refractivity contribution in [3.8, 4) is 11.5 Å². The number of carbonyl (C=O) groups excluding carboxylic acids is 2. The number of carbonyl (C=O) groups is 2. The molecule has 1 aliphatic rings. The lowest BCUT2D eigenvalue weighted by Crippen LogP contribution is -2.50. The van der Waals surface area contributed by atoms with E-state index in [0.717, 1.165) is 11.4 Å². The first-order valence-electron chi connectivity index (χ1n) is 9.18. The van der Waals surface area contributed by atoms with Crippen LogP contribution in [0.25, 0.3) is 0 Å². The van der Waals surface area contributed by atoms with Gasteiger partial charge in [0.1, 0.15) is 11.5 Å². The highest BCUT2D eigenvalue weighted by atomic mass is 16.5. The fourth-order valence-electron chi connectivity index (χ4n) is 3.50.